The topological polar surface area (TPSA) is 56.2 Å². The van der Waals surface area contributed by atoms with Crippen LogP contribution in [-0.2, 0) is 13.0 Å². The number of carbonyl (C=O) groups is 1. The van der Waals surface area contributed by atoms with Crippen LogP contribution in [0, 0.1) is 0 Å². The van der Waals surface area contributed by atoms with Gasteiger partial charge in [-0.3, -0.25) is 4.79 Å². The van der Waals surface area contributed by atoms with Crippen molar-refractivity contribution in [2.24, 2.45) is 0 Å². The van der Waals surface area contributed by atoms with Crippen molar-refractivity contribution in [3.8, 4) is 5.75 Å². The first-order valence-corrected chi connectivity index (χ1v) is 11.2. The van der Waals surface area contributed by atoms with E-state index in [0.29, 0.717) is 30.2 Å². The summed E-state index contributed by atoms with van der Waals surface area (Å²) in [5.41, 5.74) is 2.76. The van der Waals surface area contributed by atoms with Crippen LogP contribution in [0.15, 0.2) is 78.9 Å². The van der Waals surface area contributed by atoms with Crippen LogP contribution in [-0.4, -0.2) is 28.6 Å². The molecular weight excluding hydrogens is 422 g/mol. The van der Waals surface area contributed by atoms with Crippen LogP contribution in [0.25, 0.3) is 11.0 Å². The summed E-state index contributed by atoms with van der Waals surface area (Å²) in [4.78, 5) is 17.1. The zero-order valence-electron chi connectivity index (χ0n) is 17.8. The highest BCUT2D eigenvalue weighted by Gasteiger charge is 2.11. The number of carbonyl (C=O) groups excluding carboxylic acids is 1. The van der Waals surface area contributed by atoms with Gasteiger partial charge in [-0.15, -0.1) is 0 Å². The predicted molar refractivity (Wildman–Crippen MR) is 128 cm³/mol. The first-order chi connectivity index (χ1) is 15.7. The number of aryl methyl sites for hydroxylation is 1. The second kappa shape index (κ2) is 10.8. The maximum Gasteiger partial charge on any atom is 0.251 e. The SMILES string of the molecule is O=C(NCCc1nc2ccccc2n1CCCCOc1ccccc1Cl)c1ccccc1. The monoisotopic (exact) mass is 447 g/mol. The summed E-state index contributed by atoms with van der Waals surface area (Å²) in [7, 11) is 0. The number of rotatable bonds is 10. The minimum Gasteiger partial charge on any atom is -0.492 e. The number of unbranched alkanes of at least 4 members (excludes halogenated alkanes) is 1. The molecule has 5 nitrogen and oxygen atoms in total. The Bertz CT molecular complexity index is 1170. The Labute approximate surface area is 193 Å². The molecule has 0 spiro atoms. The third kappa shape index (κ3) is 5.48. The van der Waals surface area contributed by atoms with Crippen LogP contribution in [0.1, 0.15) is 29.0 Å². The summed E-state index contributed by atoms with van der Waals surface area (Å²) < 4.78 is 8.05. The molecule has 0 bridgehead atoms. The van der Waals surface area contributed by atoms with E-state index < -0.39 is 0 Å². The molecule has 0 saturated heterocycles. The third-order valence-electron chi connectivity index (χ3n) is 5.27. The van der Waals surface area contributed by atoms with E-state index in [-0.39, 0.29) is 5.91 Å². The molecule has 0 saturated carbocycles. The zero-order chi connectivity index (χ0) is 22.2. The molecule has 0 atom stereocenters. The summed E-state index contributed by atoms with van der Waals surface area (Å²) in [6, 6.07) is 24.9. The van der Waals surface area contributed by atoms with Crippen molar-refractivity contribution in [1.82, 2.24) is 14.9 Å². The van der Waals surface area contributed by atoms with Gasteiger partial charge >= 0.3 is 0 Å². The van der Waals surface area contributed by atoms with Crippen molar-refractivity contribution in [1.29, 1.82) is 0 Å². The maximum absolute atomic E-state index is 12.3. The average Bonchev–Trinajstić information content (AvgIpc) is 3.18. The van der Waals surface area contributed by atoms with Crippen LogP contribution in [0.2, 0.25) is 5.02 Å². The Balaban J connectivity index is 1.34. The Morgan fingerprint density at radius 1 is 0.938 bits per heavy atom. The number of aromatic nitrogens is 2. The maximum atomic E-state index is 12.3. The number of hydrogen-bond donors (Lipinski definition) is 1. The van der Waals surface area contributed by atoms with Gasteiger partial charge < -0.3 is 14.6 Å². The van der Waals surface area contributed by atoms with Gasteiger partial charge in [-0.05, 0) is 49.2 Å². The second-order valence-corrected chi connectivity index (χ2v) is 7.93. The molecule has 32 heavy (non-hydrogen) atoms. The molecule has 3 aromatic carbocycles. The molecule has 0 fully saturated rings. The molecule has 1 N–H and O–H groups in total. The van der Waals surface area contributed by atoms with Crippen LogP contribution < -0.4 is 10.1 Å². The largest absolute Gasteiger partial charge is 0.492 e. The van der Waals surface area contributed by atoms with Crippen LogP contribution in [0.5, 0.6) is 5.75 Å². The lowest BCUT2D eigenvalue weighted by Gasteiger charge is -2.11. The quantitative estimate of drug-likeness (QED) is 0.325. The van der Waals surface area contributed by atoms with E-state index in [1.54, 1.807) is 0 Å². The van der Waals surface area contributed by atoms with Crippen molar-refractivity contribution in [2.75, 3.05) is 13.2 Å². The number of ether oxygens (including phenoxy) is 1. The van der Waals surface area contributed by atoms with E-state index in [2.05, 4.69) is 16.0 Å². The highest BCUT2D eigenvalue weighted by molar-refractivity contribution is 6.32. The molecule has 4 rings (SSSR count). The summed E-state index contributed by atoms with van der Waals surface area (Å²) in [6.45, 7) is 1.99. The van der Waals surface area contributed by atoms with Crippen LogP contribution in [0.4, 0.5) is 0 Å². The smallest absolute Gasteiger partial charge is 0.251 e. The number of amides is 1. The molecule has 0 unspecified atom stereocenters. The second-order valence-electron chi connectivity index (χ2n) is 7.53. The fourth-order valence-corrected chi connectivity index (χ4v) is 3.85. The first kappa shape index (κ1) is 21.9. The molecule has 0 aliphatic rings. The van der Waals surface area contributed by atoms with Crippen molar-refractivity contribution in [2.45, 2.75) is 25.8 Å². The lowest BCUT2D eigenvalue weighted by molar-refractivity contribution is 0.0954. The lowest BCUT2D eigenvalue weighted by atomic mass is 10.2. The van der Waals surface area contributed by atoms with Gasteiger partial charge in [0.15, 0.2) is 0 Å². The molecule has 1 aromatic heterocycles. The van der Waals surface area contributed by atoms with Gasteiger partial charge in [-0.2, -0.15) is 0 Å². The zero-order valence-corrected chi connectivity index (χ0v) is 18.6. The average molecular weight is 448 g/mol. The normalized spacial score (nSPS) is 10.9. The van der Waals surface area contributed by atoms with Gasteiger partial charge in [0.25, 0.3) is 5.91 Å². The number of hydrogen-bond acceptors (Lipinski definition) is 3. The summed E-state index contributed by atoms with van der Waals surface area (Å²) in [5.74, 6) is 1.63. The number of imidazole rings is 1. The highest BCUT2D eigenvalue weighted by atomic mass is 35.5. The molecule has 4 aromatic rings. The molecule has 0 aliphatic heterocycles. The van der Waals surface area contributed by atoms with E-state index in [1.807, 2.05) is 72.8 Å². The fraction of sp³-hybridized carbons (Fsp3) is 0.231. The summed E-state index contributed by atoms with van der Waals surface area (Å²) >= 11 is 6.15. The van der Waals surface area contributed by atoms with Gasteiger partial charge in [0, 0.05) is 25.1 Å². The number of halogens is 1. The first-order valence-electron chi connectivity index (χ1n) is 10.9. The van der Waals surface area contributed by atoms with E-state index in [4.69, 9.17) is 21.3 Å². The molecule has 0 aliphatic carbocycles. The highest BCUT2D eigenvalue weighted by Crippen LogP contribution is 2.23. The number of fused-ring (bicyclic) bond motifs is 1. The third-order valence-corrected chi connectivity index (χ3v) is 5.59. The van der Waals surface area contributed by atoms with Crippen LogP contribution in [0.3, 0.4) is 0 Å². The van der Waals surface area contributed by atoms with Crippen molar-refractivity contribution >= 4 is 28.5 Å². The minimum absolute atomic E-state index is 0.0648. The van der Waals surface area contributed by atoms with Gasteiger partial charge in [0.2, 0.25) is 0 Å². The molecule has 0 radical (unpaired) electrons. The summed E-state index contributed by atoms with van der Waals surface area (Å²) in [5, 5.41) is 3.63. The predicted octanol–water partition coefficient (Wildman–Crippen LogP) is 5.52. The van der Waals surface area contributed by atoms with Crippen molar-refractivity contribution < 1.29 is 9.53 Å². The summed E-state index contributed by atoms with van der Waals surface area (Å²) in [6.07, 6.45) is 2.53. The fourth-order valence-electron chi connectivity index (χ4n) is 3.66. The van der Waals surface area contributed by atoms with E-state index in [1.165, 1.54) is 0 Å². The number of benzene rings is 3. The standard InChI is InChI=1S/C26H26ClN3O2/c27-21-12-4-7-15-24(21)32-19-9-8-18-30-23-14-6-5-13-22(23)29-25(30)16-17-28-26(31)20-10-2-1-3-11-20/h1-7,10-15H,8-9,16-19H2,(H,28,31). The molecule has 6 heteroatoms. The molecular formula is C26H26ClN3O2. The van der Waals surface area contributed by atoms with Crippen molar-refractivity contribution in [3.63, 3.8) is 0 Å². The Kier molecular flexibility index (Phi) is 7.41. The minimum atomic E-state index is -0.0648. The number of para-hydroxylation sites is 3. The van der Waals surface area contributed by atoms with Gasteiger partial charge in [-0.25, -0.2) is 4.98 Å². The number of nitrogens with one attached hydrogen (secondary N) is 1. The molecule has 1 heterocycles. The van der Waals surface area contributed by atoms with Crippen molar-refractivity contribution in [3.05, 3.63) is 95.3 Å². The Hall–Kier alpha value is -3.31. The van der Waals surface area contributed by atoms with Gasteiger partial charge in [0.05, 0.1) is 22.7 Å². The van der Waals surface area contributed by atoms with E-state index >= 15 is 0 Å². The van der Waals surface area contributed by atoms with Gasteiger partial charge in [-0.1, -0.05) is 54.1 Å². The van der Waals surface area contributed by atoms with E-state index in [0.717, 1.165) is 42.0 Å². The molecule has 1 amide bonds. The number of nitrogens with zero attached hydrogens (tertiary/aromatic N) is 2. The lowest BCUT2D eigenvalue weighted by Crippen LogP contribution is -2.26. The Morgan fingerprint density at radius 3 is 2.53 bits per heavy atom. The van der Waals surface area contributed by atoms with Crippen LogP contribution >= 0.6 is 11.6 Å². The molecule has 164 valence electrons. The Morgan fingerprint density at radius 2 is 1.69 bits per heavy atom. The van der Waals surface area contributed by atoms with Gasteiger partial charge in [0.1, 0.15) is 11.6 Å². The van der Waals surface area contributed by atoms with E-state index in [9.17, 15) is 4.79 Å².